The summed E-state index contributed by atoms with van der Waals surface area (Å²) in [5, 5.41) is 3.93. The van der Waals surface area contributed by atoms with Gasteiger partial charge in [-0.25, -0.2) is 0 Å². The molecular weight excluding hydrogens is 209 g/mol. The van der Waals surface area contributed by atoms with Crippen LogP contribution in [-0.4, -0.2) is 17.5 Å². The monoisotopic (exact) mass is 219 g/mol. The summed E-state index contributed by atoms with van der Waals surface area (Å²) in [4.78, 5) is 4.89. The lowest BCUT2D eigenvalue weighted by molar-refractivity contribution is 0.268. The number of nitrogens with zero attached hydrogens (tertiary/aromatic N) is 1. The molecule has 1 aliphatic heterocycles. The zero-order valence-electron chi connectivity index (χ0n) is 7.17. The van der Waals surface area contributed by atoms with Crippen molar-refractivity contribution in [2.45, 2.75) is 12.8 Å². The smallest absolute Gasteiger partial charge is 0.122 e. The van der Waals surface area contributed by atoms with Gasteiger partial charge in [0.1, 0.15) is 6.26 Å². The summed E-state index contributed by atoms with van der Waals surface area (Å²) < 4.78 is 0. The van der Waals surface area contributed by atoms with Gasteiger partial charge in [-0.3, -0.25) is 0 Å². The molecule has 0 atom stereocenters. The van der Waals surface area contributed by atoms with Crippen molar-refractivity contribution in [3.05, 3.63) is 24.0 Å². The molecule has 0 N–H and O–H groups in total. The van der Waals surface area contributed by atoms with Gasteiger partial charge in [-0.2, -0.15) is 0 Å². The van der Waals surface area contributed by atoms with E-state index < -0.39 is 0 Å². The van der Waals surface area contributed by atoms with Crippen molar-refractivity contribution in [3.63, 3.8) is 0 Å². The highest BCUT2D eigenvalue weighted by Gasteiger charge is 2.07. The molecule has 13 heavy (non-hydrogen) atoms. The van der Waals surface area contributed by atoms with Crippen LogP contribution < -0.4 is 0 Å². The van der Waals surface area contributed by atoms with E-state index in [1.807, 2.05) is 12.2 Å². The van der Waals surface area contributed by atoms with E-state index in [9.17, 15) is 0 Å². The van der Waals surface area contributed by atoms with Crippen LogP contribution in [0.1, 0.15) is 12.8 Å². The van der Waals surface area contributed by atoms with Crippen LogP contribution in [0.3, 0.4) is 0 Å². The van der Waals surface area contributed by atoms with Gasteiger partial charge in [0.2, 0.25) is 0 Å². The van der Waals surface area contributed by atoms with Crippen LogP contribution in [0.25, 0.3) is 0 Å². The number of alkyl halides is 2. The first kappa shape index (κ1) is 10.6. The predicted octanol–water partition coefficient (Wildman–Crippen LogP) is 3.07. The predicted molar refractivity (Wildman–Crippen MR) is 56.4 cm³/mol. The van der Waals surface area contributed by atoms with Crippen molar-refractivity contribution in [1.82, 2.24) is 0 Å². The molecule has 0 aromatic rings. The molecule has 0 bridgehead atoms. The average molecular weight is 220 g/mol. The zero-order chi connectivity index (χ0) is 9.52. The molecule has 1 rings (SSSR count). The maximum Gasteiger partial charge on any atom is 0.122 e. The molecule has 0 fully saturated rings. The highest BCUT2D eigenvalue weighted by Crippen LogP contribution is 2.12. The third-order valence-electron chi connectivity index (χ3n) is 1.67. The fraction of sp³-hybridized carbons (Fsp3) is 0.444. The van der Waals surface area contributed by atoms with Gasteiger partial charge in [0.15, 0.2) is 0 Å². The van der Waals surface area contributed by atoms with E-state index >= 15 is 0 Å². The Morgan fingerprint density at radius 2 is 2.00 bits per heavy atom. The van der Waals surface area contributed by atoms with Crippen LogP contribution in [0.2, 0.25) is 0 Å². The third-order valence-corrected chi connectivity index (χ3v) is 2.04. The van der Waals surface area contributed by atoms with Gasteiger partial charge in [0, 0.05) is 18.2 Å². The van der Waals surface area contributed by atoms with E-state index in [1.165, 1.54) is 6.26 Å². The molecule has 2 nitrogen and oxygen atoms in total. The molecule has 0 saturated carbocycles. The van der Waals surface area contributed by atoms with E-state index in [0.717, 1.165) is 17.7 Å². The molecule has 0 radical (unpaired) electrons. The Morgan fingerprint density at radius 1 is 1.23 bits per heavy atom. The summed E-state index contributed by atoms with van der Waals surface area (Å²) in [7, 11) is 0. The Morgan fingerprint density at radius 3 is 2.69 bits per heavy atom. The Hall–Kier alpha value is -0.470. The summed E-state index contributed by atoms with van der Waals surface area (Å²) in [6, 6.07) is 0. The maximum absolute atomic E-state index is 5.66. The second-order valence-electron chi connectivity index (χ2n) is 2.54. The highest BCUT2D eigenvalue weighted by molar-refractivity contribution is 6.20. The minimum Gasteiger partial charge on any atom is -0.365 e. The SMILES string of the molecule is ClCCC1=CC=CON=C1CCCl. The molecule has 0 saturated heterocycles. The Balaban J connectivity index is 2.71. The number of hydrogen-bond acceptors (Lipinski definition) is 2. The zero-order valence-corrected chi connectivity index (χ0v) is 8.68. The van der Waals surface area contributed by atoms with Gasteiger partial charge in [0.05, 0.1) is 5.71 Å². The molecule has 1 heterocycles. The van der Waals surface area contributed by atoms with Crippen molar-refractivity contribution >= 4 is 28.9 Å². The second-order valence-corrected chi connectivity index (χ2v) is 3.30. The van der Waals surface area contributed by atoms with Crippen molar-refractivity contribution < 1.29 is 4.84 Å². The lowest BCUT2D eigenvalue weighted by Crippen LogP contribution is -2.04. The number of rotatable bonds is 4. The van der Waals surface area contributed by atoms with Crippen LogP contribution in [0.4, 0.5) is 0 Å². The highest BCUT2D eigenvalue weighted by atomic mass is 35.5. The van der Waals surface area contributed by atoms with E-state index in [-0.39, 0.29) is 0 Å². The lowest BCUT2D eigenvalue weighted by Gasteiger charge is -2.04. The third kappa shape index (κ3) is 3.41. The van der Waals surface area contributed by atoms with Gasteiger partial charge in [-0.05, 0) is 18.1 Å². The number of hydrogen-bond donors (Lipinski definition) is 0. The topological polar surface area (TPSA) is 21.6 Å². The van der Waals surface area contributed by atoms with Gasteiger partial charge < -0.3 is 4.84 Å². The molecule has 1 aliphatic rings. The van der Waals surface area contributed by atoms with Gasteiger partial charge in [0.25, 0.3) is 0 Å². The summed E-state index contributed by atoms with van der Waals surface area (Å²) in [5.74, 6) is 1.13. The summed E-state index contributed by atoms with van der Waals surface area (Å²) in [6.07, 6.45) is 6.82. The van der Waals surface area contributed by atoms with E-state index in [4.69, 9.17) is 28.0 Å². The average Bonchev–Trinajstić information content (AvgIpc) is 2.33. The van der Waals surface area contributed by atoms with Crippen molar-refractivity contribution in [1.29, 1.82) is 0 Å². The standard InChI is InChI=1S/C9H11Cl2NO/c10-5-3-8-2-1-7-13-12-9(8)4-6-11/h1-2,7H,3-6H2. The van der Waals surface area contributed by atoms with Crippen LogP contribution >= 0.6 is 23.2 Å². The van der Waals surface area contributed by atoms with Crippen molar-refractivity contribution in [3.8, 4) is 0 Å². The summed E-state index contributed by atoms with van der Waals surface area (Å²) in [6.45, 7) is 0. The van der Waals surface area contributed by atoms with E-state index in [2.05, 4.69) is 5.16 Å². The van der Waals surface area contributed by atoms with Crippen LogP contribution in [-0.2, 0) is 4.84 Å². The Bertz CT molecular complexity index is 246. The largest absolute Gasteiger partial charge is 0.365 e. The van der Waals surface area contributed by atoms with Gasteiger partial charge >= 0.3 is 0 Å². The molecule has 0 aliphatic carbocycles. The minimum absolute atomic E-state index is 0.543. The minimum atomic E-state index is 0.543. The van der Waals surface area contributed by atoms with Crippen molar-refractivity contribution in [2.75, 3.05) is 11.8 Å². The fourth-order valence-corrected chi connectivity index (χ4v) is 1.45. The van der Waals surface area contributed by atoms with E-state index in [0.29, 0.717) is 18.2 Å². The maximum atomic E-state index is 5.66. The summed E-state index contributed by atoms with van der Waals surface area (Å²) >= 11 is 11.3. The molecular formula is C9H11Cl2NO. The van der Waals surface area contributed by atoms with Crippen LogP contribution in [0.15, 0.2) is 29.1 Å². The number of halogens is 2. The van der Waals surface area contributed by atoms with Crippen LogP contribution in [0, 0.1) is 0 Å². The molecule has 0 aromatic carbocycles. The first-order valence-corrected chi connectivity index (χ1v) is 5.16. The fourth-order valence-electron chi connectivity index (χ4n) is 1.06. The Labute approximate surface area is 87.8 Å². The lowest BCUT2D eigenvalue weighted by atomic mass is 10.1. The molecule has 0 aromatic heterocycles. The van der Waals surface area contributed by atoms with Crippen molar-refractivity contribution in [2.24, 2.45) is 5.16 Å². The number of allylic oxidation sites excluding steroid dienone is 3. The van der Waals surface area contributed by atoms with Gasteiger partial charge in [-0.1, -0.05) is 11.2 Å². The molecule has 0 unspecified atom stereocenters. The quantitative estimate of drug-likeness (QED) is 0.667. The molecule has 0 amide bonds. The normalized spacial score (nSPS) is 15.8. The Kier molecular flexibility index (Phi) is 4.94. The first-order chi connectivity index (χ1) is 6.38. The molecule has 0 spiro atoms. The van der Waals surface area contributed by atoms with E-state index in [1.54, 1.807) is 0 Å². The van der Waals surface area contributed by atoms with Gasteiger partial charge in [-0.15, -0.1) is 23.2 Å². The molecule has 4 heteroatoms. The summed E-state index contributed by atoms with van der Waals surface area (Å²) in [5.41, 5.74) is 1.99. The number of oxime groups is 1. The molecule has 72 valence electrons. The first-order valence-electron chi connectivity index (χ1n) is 4.09. The van der Waals surface area contributed by atoms with Crippen LogP contribution in [0.5, 0.6) is 0 Å². The second kappa shape index (κ2) is 6.06.